The molecule has 0 aliphatic carbocycles. The molecule has 0 aliphatic heterocycles. The number of thioether (sulfide) groups is 1. The molecule has 0 radical (unpaired) electrons. The quantitative estimate of drug-likeness (QED) is 0.313. The minimum Gasteiger partial charge on any atom is -0.483 e. The van der Waals surface area contributed by atoms with Gasteiger partial charge in [0.05, 0.1) is 0 Å². The van der Waals surface area contributed by atoms with Crippen molar-refractivity contribution in [3.05, 3.63) is 83.2 Å². The Labute approximate surface area is 175 Å². The topological polar surface area (TPSA) is 39.9 Å². The largest absolute Gasteiger partial charge is 0.483 e. The van der Waals surface area contributed by atoms with Crippen LogP contribution in [0, 0.1) is 0 Å². The van der Waals surface area contributed by atoms with Gasteiger partial charge in [0.2, 0.25) is 0 Å². The Balaban J connectivity index is 1.75. The first kappa shape index (κ1) is 20.5. The van der Waals surface area contributed by atoms with Crippen LogP contribution in [-0.2, 0) is 18.7 Å². The van der Waals surface area contributed by atoms with Crippen molar-refractivity contribution in [2.75, 3.05) is 0 Å². The molecule has 6 heteroatoms. The molecule has 3 rings (SSSR count). The number of aryl methyl sites for hydroxylation is 1. The zero-order chi connectivity index (χ0) is 19.9. The molecule has 146 valence electrons. The molecule has 4 nitrogen and oxygen atoms in total. The molecule has 0 spiro atoms. The molecule has 0 saturated carbocycles. The third kappa shape index (κ3) is 4.97. The standard InChI is InChI=1S/C22H24ClN3OS/c1-4-14-26-21(16(3)27-19-12-10-17(5-2)11-13-19)24-25-22(26)28-15-18-8-6-7-9-20(18)23/h4,6-13,16H,1,5,14-15H2,2-3H3. The van der Waals surface area contributed by atoms with Crippen molar-refractivity contribution in [3.8, 4) is 5.75 Å². The van der Waals surface area contributed by atoms with E-state index in [0.29, 0.717) is 6.54 Å². The normalized spacial score (nSPS) is 12.0. The third-order valence-corrected chi connectivity index (χ3v) is 5.76. The zero-order valence-corrected chi connectivity index (χ0v) is 17.7. The Morgan fingerprint density at radius 2 is 1.93 bits per heavy atom. The van der Waals surface area contributed by atoms with E-state index in [9.17, 15) is 0 Å². The Bertz CT molecular complexity index is 924. The summed E-state index contributed by atoms with van der Waals surface area (Å²) >= 11 is 7.87. The van der Waals surface area contributed by atoms with Gasteiger partial charge in [0.25, 0.3) is 0 Å². The number of halogens is 1. The Morgan fingerprint density at radius 3 is 2.61 bits per heavy atom. The molecule has 0 aliphatic rings. The second-order valence-electron chi connectivity index (χ2n) is 6.38. The summed E-state index contributed by atoms with van der Waals surface area (Å²) in [5.74, 6) is 2.33. The van der Waals surface area contributed by atoms with Crippen LogP contribution in [0.25, 0.3) is 0 Å². The average molecular weight is 414 g/mol. The van der Waals surface area contributed by atoms with E-state index in [1.807, 2.05) is 54.0 Å². The third-order valence-electron chi connectivity index (χ3n) is 4.38. The second kappa shape index (κ2) is 9.80. The van der Waals surface area contributed by atoms with E-state index in [2.05, 4.69) is 35.8 Å². The van der Waals surface area contributed by atoms with Crippen molar-refractivity contribution in [3.63, 3.8) is 0 Å². The Morgan fingerprint density at radius 1 is 1.18 bits per heavy atom. The first-order chi connectivity index (χ1) is 13.6. The van der Waals surface area contributed by atoms with E-state index in [-0.39, 0.29) is 6.10 Å². The molecule has 1 aromatic heterocycles. The Kier molecular flexibility index (Phi) is 7.18. The molecule has 1 heterocycles. The number of nitrogens with zero attached hydrogens (tertiary/aromatic N) is 3. The first-order valence-corrected chi connectivity index (χ1v) is 10.6. The van der Waals surface area contributed by atoms with Gasteiger partial charge in [-0.05, 0) is 42.7 Å². The smallest absolute Gasteiger partial charge is 0.191 e. The summed E-state index contributed by atoms with van der Waals surface area (Å²) in [7, 11) is 0. The molecule has 3 aromatic rings. The van der Waals surface area contributed by atoms with Gasteiger partial charge in [-0.2, -0.15) is 0 Å². The fraction of sp³-hybridized carbons (Fsp3) is 0.273. The monoisotopic (exact) mass is 413 g/mol. The summed E-state index contributed by atoms with van der Waals surface area (Å²) in [6.07, 6.45) is 2.62. The van der Waals surface area contributed by atoms with Crippen LogP contribution in [0.15, 0.2) is 66.3 Å². The minimum atomic E-state index is -0.227. The van der Waals surface area contributed by atoms with Crippen LogP contribution >= 0.6 is 23.4 Å². The lowest BCUT2D eigenvalue weighted by Gasteiger charge is -2.16. The molecule has 1 atom stereocenters. The van der Waals surface area contributed by atoms with Gasteiger partial charge in [-0.25, -0.2) is 0 Å². The number of rotatable bonds is 9. The maximum Gasteiger partial charge on any atom is 0.191 e. The van der Waals surface area contributed by atoms with Gasteiger partial charge >= 0.3 is 0 Å². The van der Waals surface area contributed by atoms with Gasteiger partial charge in [-0.1, -0.05) is 66.7 Å². The van der Waals surface area contributed by atoms with Crippen molar-refractivity contribution in [2.24, 2.45) is 0 Å². The van der Waals surface area contributed by atoms with Crippen LogP contribution in [0.3, 0.4) is 0 Å². The highest BCUT2D eigenvalue weighted by molar-refractivity contribution is 7.98. The molecule has 2 aromatic carbocycles. The maximum absolute atomic E-state index is 6.27. The van der Waals surface area contributed by atoms with Crippen molar-refractivity contribution < 1.29 is 4.74 Å². The van der Waals surface area contributed by atoms with Gasteiger partial charge in [-0.15, -0.1) is 16.8 Å². The first-order valence-electron chi connectivity index (χ1n) is 9.28. The lowest BCUT2D eigenvalue weighted by molar-refractivity contribution is 0.210. The second-order valence-corrected chi connectivity index (χ2v) is 7.73. The van der Waals surface area contributed by atoms with Crippen LogP contribution in [0.1, 0.15) is 36.9 Å². The summed E-state index contributed by atoms with van der Waals surface area (Å²) in [5.41, 5.74) is 2.36. The molecule has 0 N–H and O–H groups in total. The highest BCUT2D eigenvalue weighted by atomic mass is 35.5. The van der Waals surface area contributed by atoms with E-state index < -0.39 is 0 Å². The fourth-order valence-electron chi connectivity index (χ4n) is 2.83. The number of hydrogen-bond acceptors (Lipinski definition) is 4. The Hall–Kier alpha value is -2.24. The zero-order valence-electron chi connectivity index (χ0n) is 16.1. The van der Waals surface area contributed by atoms with Crippen molar-refractivity contribution in [1.29, 1.82) is 0 Å². The van der Waals surface area contributed by atoms with Gasteiger partial charge in [-0.3, -0.25) is 4.57 Å². The van der Waals surface area contributed by atoms with Crippen molar-refractivity contribution in [1.82, 2.24) is 14.8 Å². The molecule has 0 fully saturated rings. The van der Waals surface area contributed by atoms with E-state index >= 15 is 0 Å². The predicted molar refractivity (Wildman–Crippen MR) is 116 cm³/mol. The lowest BCUT2D eigenvalue weighted by atomic mass is 10.2. The molecule has 1 unspecified atom stereocenters. The van der Waals surface area contributed by atoms with Gasteiger partial charge < -0.3 is 4.74 Å². The van der Waals surface area contributed by atoms with E-state index in [1.165, 1.54) is 5.56 Å². The molecule has 28 heavy (non-hydrogen) atoms. The van der Waals surface area contributed by atoms with Crippen LogP contribution in [0.2, 0.25) is 5.02 Å². The SMILES string of the molecule is C=CCn1c(SCc2ccccc2Cl)nnc1C(C)Oc1ccc(CC)cc1. The molecule has 0 saturated heterocycles. The molecular weight excluding hydrogens is 390 g/mol. The van der Waals surface area contributed by atoms with Crippen LogP contribution < -0.4 is 4.74 Å². The van der Waals surface area contributed by atoms with Crippen molar-refractivity contribution >= 4 is 23.4 Å². The number of allylic oxidation sites excluding steroid dienone is 1. The van der Waals surface area contributed by atoms with E-state index in [0.717, 1.165) is 39.5 Å². The molecule has 0 amide bonds. The van der Waals surface area contributed by atoms with Crippen molar-refractivity contribution in [2.45, 2.75) is 43.8 Å². The fourth-order valence-corrected chi connectivity index (χ4v) is 4.07. The average Bonchev–Trinajstić information content (AvgIpc) is 3.11. The summed E-state index contributed by atoms with van der Waals surface area (Å²) in [6.45, 7) is 8.61. The van der Waals surface area contributed by atoms with E-state index in [4.69, 9.17) is 16.3 Å². The maximum atomic E-state index is 6.27. The minimum absolute atomic E-state index is 0.227. The number of aromatic nitrogens is 3. The summed E-state index contributed by atoms with van der Waals surface area (Å²) in [4.78, 5) is 0. The highest BCUT2D eigenvalue weighted by Crippen LogP contribution is 2.28. The van der Waals surface area contributed by atoms with Crippen LogP contribution in [0.5, 0.6) is 5.75 Å². The lowest BCUT2D eigenvalue weighted by Crippen LogP contribution is -2.12. The summed E-state index contributed by atoms with van der Waals surface area (Å²) < 4.78 is 8.14. The molecule has 0 bridgehead atoms. The van der Waals surface area contributed by atoms with Gasteiger partial charge in [0.1, 0.15) is 5.75 Å². The highest BCUT2D eigenvalue weighted by Gasteiger charge is 2.19. The van der Waals surface area contributed by atoms with Gasteiger partial charge in [0, 0.05) is 17.3 Å². The van der Waals surface area contributed by atoms with E-state index in [1.54, 1.807) is 11.8 Å². The van der Waals surface area contributed by atoms with Gasteiger partial charge in [0.15, 0.2) is 17.1 Å². The van der Waals surface area contributed by atoms with Crippen LogP contribution in [0.4, 0.5) is 0 Å². The predicted octanol–water partition coefficient (Wildman–Crippen LogP) is 6.11. The number of hydrogen-bond donors (Lipinski definition) is 0. The molecular formula is C22H24ClN3OS. The summed E-state index contributed by atoms with van der Waals surface area (Å²) in [5, 5.41) is 10.3. The summed E-state index contributed by atoms with van der Waals surface area (Å²) in [6, 6.07) is 16.0. The van der Waals surface area contributed by atoms with Crippen LogP contribution in [-0.4, -0.2) is 14.8 Å². The number of benzene rings is 2. The number of ether oxygens (including phenoxy) is 1.